The van der Waals surface area contributed by atoms with E-state index < -0.39 is 0 Å². The highest BCUT2D eigenvalue weighted by Crippen LogP contribution is 2.56. The molecular weight excluding hydrogens is 1260 g/mol. The molecule has 1 aliphatic carbocycles. The van der Waals surface area contributed by atoms with Gasteiger partial charge < -0.3 is 37.3 Å². The highest BCUT2D eigenvalue weighted by Gasteiger charge is 2.46. The molecule has 0 saturated carbocycles. The molecule has 19 aromatic rings. The van der Waals surface area contributed by atoms with Crippen LogP contribution in [-0.2, 0) is 5.41 Å². The average Bonchev–Trinajstić information content (AvgIpc) is 1.65. The normalized spacial score (nSPS) is 14.3. The molecule has 0 amide bonds. The fourth-order valence-corrected chi connectivity index (χ4v) is 19.1. The Morgan fingerprint density at radius 1 is 0.262 bits per heavy atom. The highest BCUT2D eigenvalue weighted by atomic mass is 16.3. The lowest BCUT2D eigenvalue weighted by Gasteiger charge is -2.44. The topological polar surface area (TPSA) is 65.5 Å². The van der Waals surface area contributed by atoms with Gasteiger partial charge in [0.25, 0.3) is 13.4 Å². The van der Waals surface area contributed by atoms with E-state index in [2.05, 4.69) is 325 Å². The first kappa shape index (κ1) is 55.7. The van der Waals surface area contributed by atoms with E-state index in [4.69, 9.17) is 17.7 Å². The Balaban J connectivity index is 0.674. The molecule has 10 heteroatoms. The van der Waals surface area contributed by atoms with Gasteiger partial charge >= 0.3 is 0 Å². The van der Waals surface area contributed by atoms with Crippen LogP contribution in [0, 0.1) is 0 Å². The van der Waals surface area contributed by atoms with Gasteiger partial charge in [0.15, 0.2) is 5.58 Å². The van der Waals surface area contributed by atoms with Crippen LogP contribution in [0.5, 0.6) is 0 Å². The summed E-state index contributed by atoms with van der Waals surface area (Å²) >= 11 is 0. The number of furan rings is 4. The molecule has 0 radical (unpaired) electrons. The van der Waals surface area contributed by atoms with E-state index in [0.717, 1.165) is 161 Å². The monoisotopic (exact) mass is 1310 g/mol. The maximum Gasteiger partial charge on any atom is 0.252 e. The summed E-state index contributed by atoms with van der Waals surface area (Å²) in [5, 5.41) is 8.63. The minimum absolute atomic E-state index is 0.00546. The zero-order valence-electron chi connectivity index (χ0n) is 55.9. The molecule has 0 unspecified atom stereocenters. The van der Waals surface area contributed by atoms with Gasteiger partial charge in [-0.15, -0.1) is 0 Å². The molecular formula is C93H56B2N4O4. The molecule has 24 rings (SSSR count). The molecule has 4 aliphatic heterocycles. The van der Waals surface area contributed by atoms with Crippen LogP contribution in [0.4, 0.5) is 68.2 Å². The van der Waals surface area contributed by atoms with Crippen molar-refractivity contribution >= 4 is 202 Å². The predicted molar refractivity (Wildman–Crippen MR) is 427 cm³/mol. The van der Waals surface area contributed by atoms with Gasteiger partial charge in [-0.1, -0.05) is 178 Å². The van der Waals surface area contributed by atoms with Crippen molar-refractivity contribution in [3.8, 4) is 22.3 Å². The molecule has 0 bridgehead atoms. The molecule has 8 nitrogen and oxygen atoms in total. The Hall–Kier alpha value is -13.2. The zero-order chi connectivity index (χ0) is 67.2. The Morgan fingerprint density at radius 3 is 1.20 bits per heavy atom. The van der Waals surface area contributed by atoms with Gasteiger partial charge in [-0.3, -0.25) is 0 Å². The Kier molecular flexibility index (Phi) is 10.8. The second-order valence-corrected chi connectivity index (χ2v) is 28.9. The molecule has 0 spiro atoms. The van der Waals surface area contributed by atoms with Crippen LogP contribution < -0.4 is 52.4 Å². The summed E-state index contributed by atoms with van der Waals surface area (Å²) in [7, 11) is 0. The van der Waals surface area contributed by atoms with Crippen molar-refractivity contribution in [1.82, 2.24) is 0 Å². The zero-order valence-corrected chi connectivity index (χ0v) is 55.9. The standard InChI is InChI=1S/C93H56B2N4O4/c1-93(2)67-22-6-3-19-58(67)62-42-43-63-87-57(44-45-80(92(87)103-91(63)88(62)93)99-75-30-14-10-26-71(75)95-70-25-9-13-29-74(70)98(78-33-18-34-79(99)90(78)95)55-39-47-84-65(51-55)60-21-5-16-36-82(60)101-84)53-37-41-61-66-52-56(40-48-85(66)102-86(61)49-53)97-73-28-12-8-24-69(73)94-68-23-7-11-27-72(68)96(76-31-17-32-77(97)89(76)94)54-38-46-83-64(50-54)59-20-4-15-35-81(59)100-83/h3-52H,1-2H3. The number of rotatable bonds is 5. The van der Waals surface area contributed by atoms with E-state index >= 15 is 0 Å². The lowest BCUT2D eigenvalue weighted by atomic mass is 9.33. The molecule has 0 atom stereocenters. The third kappa shape index (κ3) is 7.35. The summed E-state index contributed by atoms with van der Waals surface area (Å²) in [6, 6.07) is 111. The minimum atomic E-state index is -0.340. The van der Waals surface area contributed by atoms with Crippen molar-refractivity contribution in [2.24, 2.45) is 0 Å². The predicted octanol–water partition coefficient (Wildman–Crippen LogP) is 21.4. The molecule has 4 aromatic heterocycles. The molecule has 15 aromatic carbocycles. The third-order valence-corrected chi connectivity index (χ3v) is 23.4. The van der Waals surface area contributed by atoms with Gasteiger partial charge in [0.1, 0.15) is 39.1 Å². The Morgan fingerprint density at radius 2 is 0.670 bits per heavy atom. The van der Waals surface area contributed by atoms with E-state index in [-0.39, 0.29) is 18.8 Å². The first-order valence-electron chi connectivity index (χ1n) is 35.6. The third-order valence-electron chi connectivity index (χ3n) is 23.4. The molecule has 0 N–H and O–H groups in total. The first-order chi connectivity index (χ1) is 50.9. The van der Waals surface area contributed by atoms with Crippen molar-refractivity contribution in [3.63, 3.8) is 0 Å². The van der Waals surface area contributed by atoms with Gasteiger partial charge in [-0.2, -0.15) is 0 Å². The lowest BCUT2D eigenvalue weighted by Crippen LogP contribution is -2.61. The number of hydrogen-bond donors (Lipinski definition) is 0. The maximum atomic E-state index is 7.81. The number of nitrogens with zero attached hydrogens (tertiary/aromatic N) is 4. The second-order valence-electron chi connectivity index (χ2n) is 28.9. The van der Waals surface area contributed by atoms with E-state index in [1.165, 1.54) is 60.7 Å². The van der Waals surface area contributed by atoms with Gasteiger partial charge in [0.2, 0.25) is 0 Å². The molecule has 8 heterocycles. The van der Waals surface area contributed by atoms with E-state index in [0.29, 0.717) is 0 Å². The fourth-order valence-electron chi connectivity index (χ4n) is 19.1. The fraction of sp³-hybridized carbons (Fsp3) is 0.0323. The summed E-state index contributed by atoms with van der Waals surface area (Å²) in [6.07, 6.45) is 0. The van der Waals surface area contributed by atoms with Crippen LogP contribution in [0.3, 0.4) is 0 Å². The average molecular weight is 1320 g/mol. The molecule has 103 heavy (non-hydrogen) atoms. The van der Waals surface area contributed by atoms with E-state index in [9.17, 15) is 0 Å². The minimum Gasteiger partial charge on any atom is -0.456 e. The summed E-state index contributed by atoms with van der Waals surface area (Å²) in [6.45, 7) is 4.67. The number of fused-ring (bicyclic) bond motifs is 24. The highest BCUT2D eigenvalue weighted by molar-refractivity contribution is 7.01. The Labute approximate surface area is 591 Å². The number of anilines is 12. The van der Waals surface area contributed by atoms with Crippen molar-refractivity contribution in [2.75, 3.05) is 19.6 Å². The van der Waals surface area contributed by atoms with Crippen molar-refractivity contribution in [3.05, 3.63) is 314 Å². The lowest BCUT2D eigenvalue weighted by molar-refractivity contribution is 0.620. The van der Waals surface area contributed by atoms with E-state index in [1.54, 1.807) is 0 Å². The first-order valence-corrected chi connectivity index (χ1v) is 35.6. The molecule has 5 aliphatic rings. The van der Waals surface area contributed by atoms with Crippen molar-refractivity contribution in [1.29, 1.82) is 0 Å². The molecule has 0 fully saturated rings. The van der Waals surface area contributed by atoms with Crippen LogP contribution >= 0.6 is 0 Å². The summed E-state index contributed by atoms with van der Waals surface area (Å²) in [4.78, 5) is 9.88. The van der Waals surface area contributed by atoms with Crippen LogP contribution in [0.2, 0.25) is 0 Å². The van der Waals surface area contributed by atoms with E-state index in [1.807, 2.05) is 12.1 Å². The number of hydrogen-bond acceptors (Lipinski definition) is 8. The quantitative estimate of drug-likeness (QED) is 0.158. The number of para-hydroxylation sites is 6. The molecule has 0 saturated heterocycles. The van der Waals surface area contributed by atoms with Crippen LogP contribution in [0.1, 0.15) is 25.0 Å². The van der Waals surface area contributed by atoms with Gasteiger partial charge in [0.05, 0.1) is 5.69 Å². The van der Waals surface area contributed by atoms with Gasteiger partial charge in [-0.05, 0) is 200 Å². The van der Waals surface area contributed by atoms with Gasteiger partial charge in [-0.25, -0.2) is 0 Å². The number of benzene rings is 15. The van der Waals surface area contributed by atoms with Crippen LogP contribution in [0.25, 0.3) is 110 Å². The van der Waals surface area contributed by atoms with Crippen molar-refractivity contribution in [2.45, 2.75) is 19.3 Å². The van der Waals surface area contributed by atoms with Gasteiger partial charge in [0, 0.05) is 117 Å². The molecule has 478 valence electrons. The maximum absolute atomic E-state index is 7.81. The second kappa shape index (κ2) is 20.1. The van der Waals surface area contributed by atoms with Crippen LogP contribution in [-0.4, -0.2) is 13.4 Å². The SMILES string of the molecule is CC1(C)c2ccccc2-c2ccc3c(oc4c(N5c6ccccc6B6c7ccccc7N(c7ccc8oc9ccccc9c8c7)c7cccc5c76)ccc(-c5ccc6c(c5)oc5ccc(N7c8ccccc8B8c9ccccc9N(c9ccc%10oc%11ccccc%11c%10c9)c9cccc7c98)cc56)c43)c21. The van der Waals surface area contributed by atoms with Crippen LogP contribution in [0.15, 0.2) is 321 Å². The largest absolute Gasteiger partial charge is 0.456 e. The summed E-state index contributed by atoms with van der Waals surface area (Å²) < 4.78 is 27.7. The summed E-state index contributed by atoms with van der Waals surface area (Å²) in [5.41, 5.74) is 34.5. The Bertz CT molecular complexity index is 7010. The van der Waals surface area contributed by atoms with Crippen molar-refractivity contribution < 1.29 is 17.7 Å². The summed E-state index contributed by atoms with van der Waals surface area (Å²) in [5.74, 6) is 0. The smallest absolute Gasteiger partial charge is 0.252 e.